The molecule has 0 bridgehead atoms. The van der Waals surface area contributed by atoms with E-state index in [1.165, 1.54) is 0 Å². The first-order chi connectivity index (χ1) is 7.72. The van der Waals surface area contributed by atoms with Gasteiger partial charge in [0.05, 0.1) is 0 Å². The molecular weight excluding hydrogens is 204 g/mol. The molecule has 3 nitrogen and oxygen atoms in total. The minimum Gasteiger partial charge on any atom is -0.455 e. The number of hydrogen-bond donors (Lipinski definition) is 1. The Hall–Kier alpha value is -1.61. The highest BCUT2D eigenvalue weighted by Crippen LogP contribution is 2.29. The topological polar surface area (TPSA) is 46.5 Å². The van der Waals surface area contributed by atoms with Crippen molar-refractivity contribution in [2.24, 2.45) is 0 Å². The lowest BCUT2D eigenvalue weighted by atomic mass is 9.93. The number of hydrogen-bond acceptors (Lipinski definition) is 3. The van der Waals surface area contributed by atoms with Crippen molar-refractivity contribution in [3.8, 4) is 0 Å². The molecule has 0 saturated heterocycles. The highest BCUT2D eigenvalue weighted by atomic mass is 16.6. The lowest BCUT2D eigenvalue weighted by Gasteiger charge is -2.25. The van der Waals surface area contributed by atoms with Gasteiger partial charge in [-0.2, -0.15) is 0 Å². The van der Waals surface area contributed by atoms with Crippen LogP contribution in [-0.4, -0.2) is 17.2 Å². The van der Waals surface area contributed by atoms with E-state index in [0.29, 0.717) is 6.42 Å². The Morgan fingerprint density at radius 1 is 1.44 bits per heavy atom. The summed E-state index contributed by atoms with van der Waals surface area (Å²) in [4.78, 5) is 11.2. The summed E-state index contributed by atoms with van der Waals surface area (Å²) in [7, 11) is 0. The second-order valence-corrected chi connectivity index (χ2v) is 3.74. The molecule has 84 valence electrons. The maximum atomic E-state index is 11.2. The van der Waals surface area contributed by atoms with Crippen LogP contribution < -0.4 is 0 Å². The van der Waals surface area contributed by atoms with E-state index in [1.807, 2.05) is 30.3 Å². The number of aliphatic hydroxyl groups is 1. The molecule has 0 aliphatic heterocycles. The summed E-state index contributed by atoms with van der Waals surface area (Å²) in [5, 5.41) is 10.0. The van der Waals surface area contributed by atoms with Gasteiger partial charge < -0.3 is 9.84 Å². The number of fused-ring (bicyclic) bond motifs is 1. The largest absolute Gasteiger partial charge is 0.455 e. The van der Waals surface area contributed by atoms with Crippen LogP contribution in [0.4, 0.5) is 0 Å². The van der Waals surface area contributed by atoms with Crippen LogP contribution in [0.25, 0.3) is 6.08 Å². The maximum Gasteiger partial charge on any atom is 0.306 e. The molecule has 1 N–H and O–H groups in total. The highest BCUT2D eigenvalue weighted by Gasteiger charge is 2.26. The summed E-state index contributed by atoms with van der Waals surface area (Å²) in [6.45, 7) is 1.73. The standard InChI is InChI=1S/C13H14O3/c1-2-12(14)16-11-8-7-9-5-3-4-6-10(9)13(11)15/h3-8,11,13,15H,2H2,1H3/t11-,13-/m1/s1. The predicted octanol–water partition coefficient (Wildman–Crippen LogP) is 2.07. The third-order valence-corrected chi connectivity index (χ3v) is 2.65. The Balaban J connectivity index is 2.21. The number of benzene rings is 1. The van der Waals surface area contributed by atoms with Crippen molar-refractivity contribution in [1.82, 2.24) is 0 Å². The molecule has 2 atom stereocenters. The molecule has 0 spiro atoms. The first-order valence-electron chi connectivity index (χ1n) is 5.37. The second kappa shape index (κ2) is 4.49. The van der Waals surface area contributed by atoms with E-state index in [-0.39, 0.29) is 5.97 Å². The molecule has 0 amide bonds. The Morgan fingerprint density at radius 3 is 2.94 bits per heavy atom. The molecule has 0 heterocycles. The highest BCUT2D eigenvalue weighted by molar-refractivity contribution is 5.70. The molecule has 3 heteroatoms. The molecule has 1 aromatic rings. The van der Waals surface area contributed by atoms with Gasteiger partial charge in [-0.15, -0.1) is 0 Å². The Morgan fingerprint density at radius 2 is 2.19 bits per heavy atom. The summed E-state index contributed by atoms with van der Waals surface area (Å²) >= 11 is 0. The van der Waals surface area contributed by atoms with Gasteiger partial charge in [-0.3, -0.25) is 4.79 Å². The van der Waals surface area contributed by atoms with Crippen molar-refractivity contribution in [2.45, 2.75) is 25.6 Å². The van der Waals surface area contributed by atoms with Crippen LogP contribution >= 0.6 is 0 Å². The summed E-state index contributed by atoms with van der Waals surface area (Å²) in [6, 6.07) is 7.54. The molecule has 2 rings (SSSR count). The number of carbonyl (C=O) groups is 1. The third-order valence-electron chi connectivity index (χ3n) is 2.65. The summed E-state index contributed by atoms with van der Waals surface area (Å²) < 4.78 is 5.13. The first kappa shape index (κ1) is 10.9. The average molecular weight is 218 g/mol. The van der Waals surface area contributed by atoms with Crippen LogP contribution in [0, 0.1) is 0 Å². The van der Waals surface area contributed by atoms with Gasteiger partial charge in [-0.25, -0.2) is 0 Å². The van der Waals surface area contributed by atoms with Gasteiger partial charge in [0.1, 0.15) is 6.10 Å². The molecule has 0 saturated carbocycles. The predicted molar refractivity (Wildman–Crippen MR) is 60.6 cm³/mol. The Labute approximate surface area is 94.4 Å². The van der Waals surface area contributed by atoms with Crippen LogP contribution in [0.3, 0.4) is 0 Å². The lowest BCUT2D eigenvalue weighted by molar-refractivity contribution is -0.151. The molecule has 0 radical (unpaired) electrons. The van der Waals surface area contributed by atoms with Gasteiger partial charge in [0.2, 0.25) is 0 Å². The maximum absolute atomic E-state index is 11.2. The Kier molecular flexibility index (Phi) is 3.06. The fourth-order valence-corrected chi connectivity index (χ4v) is 1.75. The van der Waals surface area contributed by atoms with Crippen LogP contribution in [0.1, 0.15) is 30.6 Å². The number of ether oxygens (including phenoxy) is 1. The lowest BCUT2D eigenvalue weighted by Crippen LogP contribution is -2.25. The van der Waals surface area contributed by atoms with E-state index >= 15 is 0 Å². The minimum absolute atomic E-state index is 0.298. The van der Waals surface area contributed by atoms with Gasteiger partial charge >= 0.3 is 5.97 Å². The monoisotopic (exact) mass is 218 g/mol. The van der Waals surface area contributed by atoms with Crippen LogP contribution in [0.2, 0.25) is 0 Å². The van der Waals surface area contributed by atoms with Gasteiger partial charge in [-0.1, -0.05) is 37.3 Å². The third kappa shape index (κ3) is 1.99. The fourth-order valence-electron chi connectivity index (χ4n) is 1.75. The van der Waals surface area contributed by atoms with E-state index in [0.717, 1.165) is 11.1 Å². The average Bonchev–Trinajstić information content (AvgIpc) is 2.33. The molecule has 0 fully saturated rings. The zero-order valence-corrected chi connectivity index (χ0v) is 9.09. The summed E-state index contributed by atoms with van der Waals surface area (Å²) in [5.74, 6) is -0.298. The van der Waals surface area contributed by atoms with Crippen LogP contribution in [-0.2, 0) is 9.53 Å². The summed E-state index contributed by atoms with van der Waals surface area (Å²) in [6.07, 6.45) is 2.58. The number of rotatable bonds is 2. The zero-order valence-electron chi connectivity index (χ0n) is 9.09. The van der Waals surface area contributed by atoms with Gasteiger partial charge in [0.15, 0.2) is 6.10 Å². The smallest absolute Gasteiger partial charge is 0.306 e. The van der Waals surface area contributed by atoms with Crippen molar-refractivity contribution in [3.63, 3.8) is 0 Å². The quantitative estimate of drug-likeness (QED) is 0.773. The SMILES string of the molecule is CCC(=O)O[C@@H]1C=Cc2ccccc2[C@H]1O. The van der Waals surface area contributed by atoms with Crippen molar-refractivity contribution < 1.29 is 14.6 Å². The van der Waals surface area contributed by atoms with Crippen molar-refractivity contribution in [1.29, 1.82) is 0 Å². The number of aliphatic hydroxyl groups excluding tert-OH is 1. The molecule has 16 heavy (non-hydrogen) atoms. The van der Waals surface area contributed by atoms with Crippen molar-refractivity contribution >= 4 is 12.0 Å². The number of esters is 1. The van der Waals surface area contributed by atoms with Crippen molar-refractivity contribution in [3.05, 3.63) is 41.5 Å². The van der Waals surface area contributed by atoms with Gasteiger partial charge in [0, 0.05) is 6.42 Å². The van der Waals surface area contributed by atoms with E-state index < -0.39 is 12.2 Å². The molecule has 1 aliphatic carbocycles. The van der Waals surface area contributed by atoms with E-state index in [1.54, 1.807) is 13.0 Å². The minimum atomic E-state index is -0.767. The van der Waals surface area contributed by atoms with E-state index in [9.17, 15) is 9.90 Å². The molecular formula is C13H14O3. The van der Waals surface area contributed by atoms with E-state index in [4.69, 9.17) is 4.74 Å². The fraction of sp³-hybridized carbons (Fsp3) is 0.308. The van der Waals surface area contributed by atoms with E-state index in [2.05, 4.69) is 0 Å². The van der Waals surface area contributed by atoms with Gasteiger partial charge in [0.25, 0.3) is 0 Å². The van der Waals surface area contributed by atoms with Gasteiger partial charge in [-0.05, 0) is 17.2 Å². The van der Waals surface area contributed by atoms with Crippen LogP contribution in [0.15, 0.2) is 30.3 Å². The van der Waals surface area contributed by atoms with Crippen molar-refractivity contribution in [2.75, 3.05) is 0 Å². The first-order valence-corrected chi connectivity index (χ1v) is 5.37. The van der Waals surface area contributed by atoms with Crippen LogP contribution in [0.5, 0.6) is 0 Å². The number of carbonyl (C=O) groups excluding carboxylic acids is 1. The molecule has 0 aromatic heterocycles. The molecule has 1 aromatic carbocycles. The normalized spacial score (nSPS) is 22.6. The molecule has 0 unspecified atom stereocenters. The Bertz CT molecular complexity index is 423. The second-order valence-electron chi connectivity index (χ2n) is 3.74. The molecule has 1 aliphatic rings. The summed E-state index contributed by atoms with van der Waals surface area (Å²) in [5.41, 5.74) is 1.78. The zero-order chi connectivity index (χ0) is 11.5.